The molecule has 0 aliphatic heterocycles. The number of nitrogens with zero attached hydrogens (tertiary/aromatic N) is 2. The molecule has 1 amide bonds. The number of rotatable bonds is 6. The van der Waals surface area contributed by atoms with E-state index in [1.54, 1.807) is 10.9 Å². The monoisotopic (exact) mass is 272 g/mol. The van der Waals surface area contributed by atoms with Crippen molar-refractivity contribution in [2.75, 3.05) is 0 Å². The maximum atomic E-state index is 11.7. The minimum absolute atomic E-state index is 0.112. The van der Waals surface area contributed by atoms with Crippen LogP contribution in [0.25, 0.3) is 5.69 Å². The van der Waals surface area contributed by atoms with Gasteiger partial charge in [0.2, 0.25) is 5.91 Å². The van der Waals surface area contributed by atoms with Crippen LogP contribution in [0.2, 0.25) is 0 Å². The third-order valence-electron chi connectivity index (χ3n) is 3.06. The number of para-hydroxylation sites is 1. The van der Waals surface area contributed by atoms with E-state index < -0.39 is 6.04 Å². The third-order valence-corrected chi connectivity index (χ3v) is 3.06. The number of carbonyl (C=O) groups excluding carboxylic acids is 1. The summed E-state index contributed by atoms with van der Waals surface area (Å²) in [4.78, 5) is 11.7. The second kappa shape index (κ2) is 6.86. The predicted octanol–water partition coefficient (Wildman–Crippen LogP) is 1.62. The van der Waals surface area contributed by atoms with Crippen LogP contribution in [0.1, 0.15) is 25.3 Å². The summed E-state index contributed by atoms with van der Waals surface area (Å²) in [5.74, 6) is -0.112. The lowest BCUT2D eigenvalue weighted by atomic mass is 10.1. The highest BCUT2D eigenvalue weighted by atomic mass is 16.2. The van der Waals surface area contributed by atoms with Crippen molar-refractivity contribution in [2.24, 2.45) is 5.73 Å². The van der Waals surface area contributed by atoms with Crippen molar-refractivity contribution in [2.45, 2.75) is 32.4 Å². The molecule has 1 heterocycles. The molecule has 2 rings (SSSR count). The molecule has 2 aromatic rings. The first-order valence-corrected chi connectivity index (χ1v) is 6.83. The van der Waals surface area contributed by atoms with Crippen molar-refractivity contribution in [1.29, 1.82) is 0 Å². The molecule has 0 unspecified atom stereocenters. The molecule has 5 heteroatoms. The zero-order valence-corrected chi connectivity index (χ0v) is 11.6. The van der Waals surface area contributed by atoms with Gasteiger partial charge < -0.3 is 11.1 Å². The van der Waals surface area contributed by atoms with Gasteiger partial charge in [-0.05, 0) is 18.6 Å². The van der Waals surface area contributed by atoms with E-state index in [1.807, 2.05) is 43.5 Å². The van der Waals surface area contributed by atoms with E-state index in [0.717, 1.165) is 17.7 Å². The summed E-state index contributed by atoms with van der Waals surface area (Å²) in [6.07, 6.45) is 5.26. The Hall–Kier alpha value is -2.14. The van der Waals surface area contributed by atoms with Crippen molar-refractivity contribution >= 4 is 5.91 Å². The maximum absolute atomic E-state index is 11.7. The van der Waals surface area contributed by atoms with Gasteiger partial charge in [0, 0.05) is 18.3 Å². The normalized spacial score (nSPS) is 12.1. The molecule has 0 fully saturated rings. The van der Waals surface area contributed by atoms with Crippen LogP contribution in [-0.4, -0.2) is 21.7 Å². The quantitative estimate of drug-likeness (QED) is 0.839. The molecule has 1 aromatic heterocycles. The minimum atomic E-state index is -0.427. The van der Waals surface area contributed by atoms with Crippen LogP contribution in [-0.2, 0) is 11.3 Å². The Balaban J connectivity index is 1.92. The highest BCUT2D eigenvalue weighted by Gasteiger charge is 2.11. The molecular formula is C15H20N4O. The molecule has 0 spiro atoms. The summed E-state index contributed by atoms with van der Waals surface area (Å²) in [6.45, 7) is 2.46. The number of hydrogen-bond acceptors (Lipinski definition) is 3. The number of benzene rings is 1. The number of aromatic nitrogens is 2. The zero-order valence-electron chi connectivity index (χ0n) is 11.6. The Morgan fingerprint density at radius 1 is 1.40 bits per heavy atom. The van der Waals surface area contributed by atoms with E-state index in [-0.39, 0.29) is 5.91 Å². The van der Waals surface area contributed by atoms with E-state index in [4.69, 9.17) is 5.73 Å². The Labute approximate surface area is 118 Å². The summed E-state index contributed by atoms with van der Waals surface area (Å²) in [5.41, 5.74) is 7.70. The zero-order chi connectivity index (χ0) is 14.4. The smallest absolute Gasteiger partial charge is 0.237 e. The highest BCUT2D eigenvalue weighted by molar-refractivity contribution is 5.81. The molecule has 0 saturated heterocycles. The first kappa shape index (κ1) is 14.3. The average molecular weight is 272 g/mol. The molecule has 0 saturated carbocycles. The Kier molecular flexibility index (Phi) is 4.90. The van der Waals surface area contributed by atoms with Crippen LogP contribution in [0, 0.1) is 0 Å². The Morgan fingerprint density at radius 2 is 2.15 bits per heavy atom. The van der Waals surface area contributed by atoms with E-state index in [0.29, 0.717) is 13.0 Å². The maximum Gasteiger partial charge on any atom is 0.237 e. The first-order chi connectivity index (χ1) is 9.70. The molecule has 20 heavy (non-hydrogen) atoms. The number of nitrogens with two attached hydrogens (primary N) is 1. The number of amides is 1. The van der Waals surface area contributed by atoms with Crippen molar-refractivity contribution in [3.8, 4) is 5.69 Å². The molecule has 106 valence electrons. The van der Waals surface area contributed by atoms with Crippen LogP contribution >= 0.6 is 0 Å². The molecule has 0 radical (unpaired) electrons. The molecule has 0 aliphatic rings. The third kappa shape index (κ3) is 3.68. The van der Waals surface area contributed by atoms with Crippen molar-refractivity contribution in [1.82, 2.24) is 15.1 Å². The SMILES string of the molecule is CCC[C@H](N)C(=O)NCc1cnn(-c2ccccc2)c1. The fraction of sp³-hybridized carbons (Fsp3) is 0.333. The molecule has 5 nitrogen and oxygen atoms in total. The van der Waals surface area contributed by atoms with E-state index in [1.165, 1.54) is 0 Å². The highest BCUT2D eigenvalue weighted by Crippen LogP contribution is 2.07. The van der Waals surface area contributed by atoms with Crippen LogP contribution < -0.4 is 11.1 Å². The summed E-state index contributed by atoms with van der Waals surface area (Å²) < 4.78 is 1.79. The van der Waals surface area contributed by atoms with Gasteiger partial charge in [-0.1, -0.05) is 31.5 Å². The predicted molar refractivity (Wildman–Crippen MR) is 78.3 cm³/mol. The molecule has 0 aliphatic carbocycles. The second-order valence-electron chi connectivity index (χ2n) is 4.74. The average Bonchev–Trinajstić information content (AvgIpc) is 2.95. The summed E-state index contributed by atoms with van der Waals surface area (Å²) in [7, 11) is 0. The van der Waals surface area contributed by atoms with Gasteiger partial charge in [-0.15, -0.1) is 0 Å². The van der Waals surface area contributed by atoms with Crippen molar-refractivity contribution in [3.05, 3.63) is 48.3 Å². The van der Waals surface area contributed by atoms with E-state index in [9.17, 15) is 4.79 Å². The van der Waals surface area contributed by atoms with Gasteiger partial charge in [-0.25, -0.2) is 4.68 Å². The lowest BCUT2D eigenvalue weighted by Gasteiger charge is -2.10. The van der Waals surface area contributed by atoms with Gasteiger partial charge in [0.15, 0.2) is 0 Å². The fourth-order valence-electron chi connectivity index (χ4n) is 1.94. The lowest BCUT2D eigenvalue weighted by Crippen LogP contribution is -2.39. The Bertz CT molecular complexity index is 550. The van der Waals surface area contributed by atoms with E-state index in [2.05, 4.69) is 10.4 Å². The van der Waals surface area contributed by atoms with Crippen LogP contribution in [0.3, 0.4) is 0 Å². The molecule has 1 atom stereocenters. The van der Waals surface area contributed by atoms with Gasteiger partial charge in [0.25, 0.3) is 0 Å². The number of nitrogens with one attached hydrogen (secondary N) is 1. The van der Waals surface area contributed by atoms with Gasteiger partial charge in [0.05, 0.1) is 17.9 Å². The van der Waals surface area contributed by atoms with Crippen LogP contribution in [0.15, 0.2) is 42.7 Å². The standard InChI is InChI=1S/C15H20N4O/c1-2-6-14(16)15(20)17-9-12-10-18-19(11-12)13-7-4-3-5-8-13/h3-5,7-8,10-11,14H,2,6,9,16H2,1H3,(H,17,20)/t14-/m0/s1. The number of carbonyl (C=O) groups is 1. The summed E-state index contributed by atoms with van der Waals surface area (Å²) in [5, 5.41) is 7.11. The molecular weight excluding hydrogens is 252 g/mol. The lowest BCUT2D eigenvalue weighted by molar-refractivity contribution is -0.122. The Morgan fingerprint density at radius 3 is 2.85 bits per heavy atom. The topological polar surface area (TPSA) is 72.9 Å². The van der Waals surface area contributed by atoms with Gasteiger partial charge in [0.1, 0.15) is 0 Å². The van der Waals surface area contributed by atoms with E-state index >= 15 is 0 Å². The van der Waals surface area contributed by atoms with Gasteiger partial charge >= 0.3 is 0 Å². The largest absolute Gasteiger partial charge is 0.351 e. The summed E-state index contributed by atoms with van der Waals surface area (Å²) in [6, 6.07) is 9.41. The summed E-state index contributed by atoms with van der Waals surface area (Å²) >= 11 is 0. The molecule has 1 aromatic carbocycles. The van der Waals surface area contributed by atoms with Gasteiger partial charge in [-0.2, -0.15) is 5.10 Å². The van der Waals surface area contributed by atoms with Crippen molar-refractivity contribution in [3.63, 3.8) is 0 Å². The van der Waals surface area contributed by atoms with Crippen LogP contribution in [0.4, 0.5) is 0 Å². The number of hydrogen-bond donors (Lipinski definition) is 2. The van der Waals surface area contributed by atoms with Gasteiger partial charge in [-0.3, -0.25) is 4.79 Å². The molecule has 3 N–H and O–H groups in total. The first-order valence-electron chi connectivity index (χ1n) is 6.83. The van der Waals surface area contributed by atoms with Crippen LogP contribution in [0.5, 0.6) is 0 Å². The second-order valence-corrected chi connectivity index (χ2v) is 4.74. The minimum Gasteiger partial charge on any atom is -0.351 e. The van der Waals surface area contributed by atoms with Crippen molar-refractivity contribution < 1.29 is 4.79 Å². The fourth-order valence-corrected chi connectivity index (χ4v) is 1.94. The molecule has 0 bridgehead atoms.